The maximum absolute atomic E-state index is 12.9. The van der Waals surface area contributed by atoms with Gasteiger partial charge < -0.3 is 18.8 Å². The molecule has 3 amide bonds. The fourth-order valence-electron chi connectivity index (χ4n) is 3.60. The number of imide groups is 1. The highest BCUT2D eigenvalue weighted by Crippen LogP contribution is 2.33. The van der Waals surface area contributed by atoms with Crippen LogP contribution < -0.4 is 19.2 Å². The zero-order valence-electron chi connectivity index (χ0n) is 18.7. The molecule has 34 heavy (non-hydrogen) atoms. The van der Waals surface area contributed by atoms with E-state index in [4.69, 9.17) is 14.2 Å². The van der Waals surface area contributed by atoms with Gasteiger partial charge in [-0.25, -0.2) is 0 Å². The van der Waals surface area contributed by atoms with Gasteiger partial charge in [0.15, 0.2) is 16.3 Å². The number of aromatic nitrogens is 1. The van der Waals surface area contributed by atoms with Gasteiger partial charge in [0.2, 0.25) is 11.8 Å². The molecule has 11 heteroatoms. The molecule has 0 spiro atoms. The van der Waals surface area contributed by atoms with E-state index in [1.165, 1.54) is 56.9 Å². The van der Waals surface area contributed by atoms with Crippen LogP contribution in [0.4, 0.5) is 5.69 Å². The van der Waals surface area contributed by atoms with Gasteiger partial charge in [-0.3, -0.25) is 24.1 Å². The van der Waals surface area contributed by atoms with Gasteiger partial charge in [-0.2, -0.15) is 4.99 Å². The molecular weight excluding hydrogens is 462 g/mol. The second-order valence-electron chi connectivity index (χ2n) is 7.31. The summed E-state index contributed by atoms with van der Waals surface area (Å²) >= 11 is 1.21. The number of hydrogen-bond donors (Lipinski definition) is 0. The van der Waals surface area contributed by atoms with Gasteiger partial charge in [0.05, 0.1) is 37.2 Å². The fraction of sp³-hybridized carbons (Fsp3) is 0.261. The van der Waals surface area contributed by atoms with E-state index in [0.29, 0.717) is 22.7 Å². The first kappa shape index (κ1) is 23.2. The molecule has 0 atom stereocenters. The van der Waals surface area contributed by atoms with E-state index in [0.717, 1.165) is 9.60 Å². The number of thiazole rings is 1. The third kappa shape index (κ3) is 4.29. The van der Waals surface area contributed by atoms with Crippen molar-refractivity contribution in [3.63, 3.8) is 0 Å². The molecule has 1 aliphatic heterocycles. The monoisotopic (exact) mass is 483 g/mol. The van der Waals surface area contributed by atoms with E-state index in [9.17, 15) is 19.2 Å². The minimum Gasteiger partial charge on any atom is -0.493 e. The van der Waals surface area contributed by atoms with E-state index < -0.39 is 11.9 Å². The van der Waals surface area contributed by atoms with Crippen LogP contribution >= 0.6 is 11.3 Å². The summed E-state index contributed by atoms with van der Waals surface area (Å²) in [4.78, 5) is 54.5. The summed E-state index contributed by atoms with van der Waals surface area (Å²) in [7, 11) is 4.30. The molecule has 2 heterocycles. The Bertz CT molecular complexity index is 1360. The largest absolute Gasteiger partial charge is 0.493 e. The van der Waals surface area contributed by atoms with Crippen LogP contribution in [0.5, 0.6) is 11.5 Å². The summed E-state index contributed by atoms with van der Waals surface area (Å²) in [6, 6.07) is 9.53. The van der Waals surface area contributed by atoms with Crippen LogP contribution in [0.25, 0.3) is 10.2 Å². The standard InChI is InChI=1S/C23H21N3O7S/c1-31-16-10-15-18(11-17(16)32-2)34-23(25(15)12-21(29)33-3)24-22(30)13-4-6-14(7-5-13)26-19(27)8-9-20(26)28/h4-7,10-11H,8-9,12H2,1-3H3. The van der Waals surface area contributed by atoms with E-state index in [-0.39, 0.29) is 41.6 Å². The van der Waals surface area contributed by atoms with Crippen molar-refractivity contribution in [3.8, 4) is 11.5 Å². The third-order valence-corrected chi connectivity index (χ3v) is 6.37. The number of hydrogen-bond acceptors (Lipinski definition) is 8. The lowest BCUT2D eigenvalue weighted by molar-refractivity contribution is -0.141. The second kappa shape index (κ2) is 9.48. The molecule has 2 aromatic carbocycles. The van der Waals surface area contributed by atoms with Crippen molar-refractivity contribution >= 4 is 50.9 Å². The van der Waals surface area contributed by atoms with E-state index in [2.05, 4.69) is 4.99 Å². The zero-order valence-corrected chi connectivity index (χ0v) is 19.5. The number of carbonyl (C=O) groups excluding carboxylic acids is 4. The number of rotatable bonds is 6. The van der Waals surface area contributed by atoms with Crippen LogP contribution in [-0.4, -0.2) is 49.6 Å². The molecule has 1 saturated heterocycles. The van der Waals surface area contributed by atoms with Crippen molar-refractivity contribution in [2.45, 2.75) is 19.4 Å². The number of anilines is 1. The number of carbonyl (C=O) groups is 4. The van der Waals surface area contributed by atoms with Crippen LogP contribution in [0.2, 0.25) is 0 Å². The summed E-state index contributed by atoms with van der Waals surface area (Å²) in [5.41, 5.74) is 1.30. The fourth-order valence-corrected chi connectivity index (χ4v) is 4.64. The first-order chi connectivity index (χ1) is 16.4. The van der Waals surface area contributed by atoms with Crippen molar-refractivity contribution < 1.29 is 33.4 Å². The smallest absolute Gasteiger partial charge is 0.325 e. The molecule has 3 aromatic rings. The molecule has 0 N–H and O–H groups in total. The zero-order chi connectivity index (χ0) is 24.4. The van der Waals surface area contributed by atoms with Crippen LogP contribution in [0.15, 0.2) is 41.4 Å². The topological polar surface area (TPSA) is 116 Å². The van der Waals surface area contributed by atoms with Gasteiger partial charge in [-0.1, -0.05) is 11.3 Å². The Morgan fingerprint density at radius 2 is 1.59 bits per heavy atom. The summed E-state index contributed by atoms with van der Waals surface area (Å²) < 4.78 is 17.8. The average Bonchev–Trinajstić information content (AvgIpc) is 3.35. The number of nitrogens with zero attached hydrogens (tertiary/aromatic N) is 3. The second-order valence-corrected chi connectivity index (χ2v) is 8.32. The number of amides is 3. The minimum absolute atomic E-state index is 0.157. The molecule has 1 fully saturated rings. The normalized spacial score (nSPS) is 14.1. The van der Waals surface area contributed by atoms with E-state index in [1.807, 2.05) is 0 Å². The number of fused-ring (bicyclic) bond motifs is 1. The summed E-state index contributed by atoms with van der Waals surface area (Å²) in [6.07, 6.45) is 0.354. The molecule has 0 bridgehead atoms. The molecule has 1 aromatic heterocycles. The highest BCUT2D eigenvalue weighted by molar-refractivity contribution is 7.16. The molecule has 0 radical (unpaired) electrons. The molecule has 0 unspecified atom stereocenters. The van der Waals surface area contributed by atoms with Gasteiger partial charge >= 0.3 is 5.97 Å². The lowest BCUT2D eigenvalue weighted by Gasteiger charge is -2.13. The summed E-state index contributed by atoms with van der Waals surface area (Å²) in [6.45, 7) is -0.157. The quantitative estimate of drug-likeness (QED) is 0.390. The Labute approximate surface area is 198 Å². The summed E-state index contributed by atoms with van der Waals surface area (Å²) in [5.74, 6) is -0.628. The number of methoxy groups -OCH3 is 3. The Morgan fingerprint density at radius 3 is 2.18 bits per heavy atom. The van der Waals surface area contributed by atoms with Gasteiger partial charge in [-0.15, -0.1) is 0 Å². The highest BCUT2D eigenvalue weighted by atomic mass is 32.1. The Hall–Kier alpha value is -3.99. The Morgan fingerprint density at radius 1 is 0.971 bits per heavy atom. The lowest BCUT2D eigenvalue weighted by atomic mass is 10.2. The molecule has 176 valence electrons. The van der Waals surface area contributed by atoms with Crippen molar-refractivity contribution in [1.29, 1.82) is 0 Å². The predicted octanol–water partition coefficient (Wildman–Crippen LogP) is 2.29. The van der Waals surface area contributed by atoms with Crippen molar-refractivity contribution in [3.05, 3.63) is 46.8 Å². The van der Waals surface area contributed by atoms with Crippen molar-refractivity contribution in [1.82, 2.24) is 4.57 Å². The van der Waals surface area contributed by atoms with Gasteiger partial charge in [0.1, 0.15) is 6.54 Å². The predicted molar refractivity (Wildman–Crippen MR) is 123 cm³/mol. The Balaban J connectivity index is 1.75. The SMILES string of the molecule is COC(=O)Cn1c(=NC(=O)c2ccc(N3C(=O)CCC3=O)cc2)sc2cc(OC)c(OC)cc21. The first-order valence-electron chi connectivity index (χ1n) is 10.2. The Kier molecular flexibility index (Phi) is 6.46. The lowest BCUT2D eigenvalue weighted by Crippen LogP contribution is -2.28. The number of benzene rings is 2. The first-order valence-corrected chi connectivity index (χ1v) is 11.0. The highest BCUT2D eigenvalue weighted by Gasteiger charge is 2.30. The minimum atomic E-state index is -0.547. The van der Waals surface area contributed by atoms with Crippen molar-refractivity contribution in [2.24, 2.45) is 4.99 Å². The van der Waals surface area contributed by atoms with Crippen molar-refractivity contribution in [2.75, 3.05) is 26.2 Å². The molecule has 1 aliphatic rings. The maximum Gasteiger partial charge on any atom is 0.325 e. The molecule has 10 nitrogen and oxygen atoms in total. The van der Waals surface area contributed by atoms with Crippen LogP contribution in [0, 0.1) is 0 Å². The number of ether oxygens (including phenoxy) is 3. The summed E-state index contributed by atoms with van der Waals surface area (Å²) in [5, 5.41) is 0. The van der Waals surface area contributed by atoms with Crippen LogP contribution in [0.1, 0.15) is 23.2 Å². The van der Waals surface area contributed by atoms with E-state index in [1.54, 1.807) is 16.7 Å². The molecule has 4 rings (SSSR count). The van der Waals surface area contributed by atoms with Gasteiger partial charge in [0, 0.05) is 30.5 Å². The molecular formula is C23H21N3O7S. The molecule has 0 saturated carbocycles. The van der Waals surface area contributed by atoms with Gasteiger partial charge in [-0.05, 0) is 24.3 Å². The van der Waals surface area contributed by atoms with E-state index >= 15 is 0 Å². The maximum atomic E-state index is 12.9. The van der Waals surface area contributed by atoms with Gasteiger partial charge in [0.25, 0.3) is 5.91 Å². The average molecular weight is 484 g/mol. The molecule has 0 aliphatic carbocycles. The van der Waals surface area contributed by atoms with Crippen LogP contribution in [-0.2, 0) is 25.7 Å². The third-order valence-electron chi connectivity index (χ3n) is 5.32. The number of esters is 1. The van der Waals surface area contributed by atoms with Crippen LogP contribution in [0.3, 0.4) is 0 Å².